The van der Waals surface area contributed by atoms with Crippen molar-refractivity contribution in [2.75, 3.05) is 16.8 Å². The van der Waals surface area contributed by atoms with Crippen LogP contribution in [0.5, 0.6) is 0 Å². The first-order chi connectivity index (χ1) is 7.00. The summed E-state index contributed by atoms with van der Waals surface area (Å²) in [6, 6.07) is 5.82. The summed E-state index contributed by atoms with van der Waals surface area (Å²) in [7, 11) is 0. The molecular weight excluding hydrogens is 209 g/mol. The third kappa shape index (κ3) is 1.62. The Labute approximate surface area is 83.5 Å². The first-order valence-electron chi connectivity index (χ1n) is 4.23. The SMILES string of the molecule is O=C1CNc2ccccc2N1C(F)(F)F. The largest absolute Gasteiger partial charge is 0.491 e. The van der Waals surface area contributed by atoms with E-state index in [1.54, 1.807) is 6.07 Å². The Hall–Kier alpha value is -1.72. The van der Waals surface area contributed by atoms with Crippen molar-refractivity contribution in [3.8, 4) is 0 Å². The molecule has 0 saturated heterocycles. The summed E-state index contributed by atoms with van der Waals surface area (Å²) in [5.74, 6) is -0.999. The van der Waals surface area contributed by atoms with Crippen LogP contribution in [0.2, 0.25) is 0 Å². The van der Waals surface area contributed by atoms with Gasteiger partial charge in [0.25, 0.3) is 5.91 Å². The maximum atomic E-state index is 12.5. The van der Waals surface area contributed by atoms with E-state index in [0.717, 1.165) is 0 Å². The lowest BCUT2D eigenvalue weighted by Gasteiger charge is -2.31. The molecule has 0 aromatic heterocycles. The molecule has 0 saturated carbocycles. The van der Waals surface area contributed by atoms with Crippen molar-refractivity contribution < 1.29 is 18.0 Å². The average molecular weight is 216 g/mol. The highest BCUT2D eigenvalue weighted by atomic mass is 19.4. The number of benzene rings is 1. The van der Waals surface area contributed by atoms with Crippen LogP contribution in [0.15, 0.2) is 24.3 Å². The highest BCUT2D eigenvalue weighted by Gasteiger charge is 2.44. The Bertz CT molecular complexity index is 403. The molecule has 1 aliphatic heterocycles. The van der Waals surface area contributed by atoms with Gasteiger partial charge in [0.15, 0.2) is 0 Å². The minimum absolute atomic E-state index is 0.140. The standard InChI is InChI=1S/C9H7F3N2O/c10-9(11,12)14-7-4-2-1-3-6(7)13-5-8(14)15/h1-4,13H,5H2. The zero-order valence-corrected chi connectivity index (χ0v) is 7.51. The highest BCUT2D eigenvalue weighted by Crippen LogP contribution is 2.36. The molecule has 0 spiro atoms. The van der Waals surface area contributed by atoms with Gasteiger partial charge in [-0.3, -0.25) is 4.79 Å². The van der Waals surface area contributed by atoms with E-state index in [-0.39, 0.29) is 17.1 Å². The Kier molecular flexibility index (Phi) is 2.06. The molecule has 6 heteroatoms. The lowest BCUT2D eigenvalue weighted by molar-refractivity contribution is -0.149. The molecule has 1 aliphatic rings. The number of hydrogen-bond donors (Lipinski definition) is 1. The summed E-state index contributed by atoms with van der Waals surface area (Å²) in [5.41, 5.74) is 0.163. The third-order valence-electron chi connectivity index (χ3n) is 2.08. The Balaban J connectivity index is 2.51. The molecule has 0 aliphatic carbocycles. The van der Waals surface area contributed by atoms with Gasteiger partial charge in [0.05, 0.1) is 17.9 Å². The first-order valence-corrected chi connectivity index (χ1v) is 4.23. The Morgan fingerprint density at radius 3 is 2.60 bits per heavy atom. The Morgan fingerprint density at radius 1 is 1.27 bits per heavy atom. The van der Waals surface area contributed by atoms with E-state index in [1.807, 2.05) is 0 Å². The average Bonchev–Trinajstić information content (AvgIpc) is 2.15. The van der Waals surface area contributed by atoms with E-state index in [1.165, 1.54) is 18.2 Å². The zero-order chi connectivity index (χ0) is 11.1. The number of carbonyl (C=O) groups is 1. The first kappa shape index (κ1) is 9.82. The lowest BCUT2D eigenvalue weighted by atomic mass is 10.2. The van der Waals surface area contributed by atoms with Crippen LogP contribution in [0, 0.1) is 0 Å². The van der Waals surface area contributed by atoms with E-state index in [2.05, 4.69) is 5.32 Å². The second kappa shape index (κ2) is 3.15. The quantitative estimate of drug-likeness (QED) is 0.672. The van der Waals surface area contributed by atoms with Gasteiger partial charge < -0.3 is 5.32 Å². The monoisotopic (exact) mass is 216 g/mol. The number of halogens is 3. The predicted molar refractivity (Wildman–Crippen MR) is 48.5 cm³/mol. The molecule has 1 aromatic rings. The maximum Gasteiger partial charge on any atom is 0.491 e. The van der Waals surface area contributed by atoms with E-state index < -0.39 is 12.2 Å². The molecule has 0 atom stereocenters. The maximum absolute atomic E-state index is 12.5. The number of rotatable bonds is 0. The molecule has 1 N–H and O–H groups in total. The van der Waals surface area contributed by atoms with E-state index >= 15 is 0 Å². The molecule has 2 rings (SSSR count). The number of hydrogen-bond acceptors (Lipinski definition) is 2. The highest BCUT2D eigenvalue weighted by molar-refractivity contribution is 6.03. The van der Waals surface area contributed by atoms with Crippen LogP contribution in [-0.4, -0.2) is 18.8 Å². The number of fused-ring (bicyclic) bond motifs is 1. The van der Waals surface area contributed by atoms with Crippen molar-refractivity contribution in [1.29, 1.82) is 0 Å². The van der Waals surface area contributed by atoms with Gasteiger partial charge in [-0.1, -0.05) is 12.1 Å². The van der Waals surface area contributed by atoms with Gasteiger partial charge in [0, 0.05) is 0 Å². The number of nitrogens with zero attached hydrogens (tertiary/aromatic N) is 1. The van der Waals surface area contributed by atoms with Crippen molar-refractivity contribution in [1.82, 2.24) is 0 Å². The number of anilines is 2. The molecule has 3 nitrogen and oxygen atoms in total. The molecule has 0 unspecified atom stereocenters. The van der Waals surface area contributed by atoms with Crippen LogP contribution in [0.3, 0.4) is 0 Å². The van der Waals surface area contributed by atoms with Gasteiger partial charge in [0.1, 0.15) is 0 Å². The smallest absolute Gasteiger partial charge is 0.374 e. The molecule has 0 bridgehead atoms. The van der Waals surface area contributed by atoms with Gasteiger partial charge in [0.2, 0.25) is 0 Å². The summed E-state index contributed by atoms with van der Waals surface area (Å²) in [4.78, 5) is 11.0. The van der Waals surface area contributed by atoms with Crippen LogP contribution in [0.25, 0.3) is 0 Å². The molecule has 1 heterocycles. The summed E-state index contributed by atoms with van der Waals surface area (Å²) < 4.78 is 37.6. The second-order valence-corrected chi connectivity index (χ2v) is 3.07. The fourth-order valence-corrected chi connectivity index (χ4v) is 1.48. The van der Waals surface area contributed by atoms with Crippen molar-refractivity contribution in [3.05, 3.63) is 24.3 Å². The summed E-state index contributed by atoms with van der Waals surface area (Å²) >= 11 is 0. The minimum Gasteiger partial charge on any atom is -0.374 e. The fourth-order valence-electron chi connectivity index (χ4n) is 1.48. The molecule has 0 fully saturated rings. The fraction of sp³-hybridized carbons (Fsp3) is 0.222. The van der Waals surface area contributed by atoms with Gasteiger partial charge in [-0.05, 0) is 12.1 Å². The lowest BCUT2D eigenvalue weighted by Crippen LogP contribution is -2.48. The van der Waals surface area contributed by atoms with Crippen LogP contribution in [0.1, 0.15) is 0 Å². The van der Waals surface area contributed by atoms with Crippen LogP contribution < -0.4 is 10.2 Å². The molecule has 80 valence electrons. The number of nitrogens with one attached hydrogen (secondary N) is 1. The molecule has 0 radical (unpaired) electrons. The van der Waals surface area contributed by atoms with Crippen LogP contribution in [-0.2, 0) is 4.79 Å². The number of para-hydroxylation sites is 2. The van der Waals surface area contributed by atoms with E-state index in [0.29, 0.717) is 5.69 Å². The van der Waals surface area contributed by atoms with Gasteiger partial charge in [-0.15, -0.1) is 13.2 Å². The summed E-state index contributed by atoms with van der Waals surface area (Å²) in [6.07, 6.45) is -4.67. The minimum atomic E-state index is -4.67. The van der Waals surface area contributed by atoms with Gasteiger partial charge in [-0.2, -0.15) is 0 Å². The molecular formula is C9H7F3N2O. The third-order valence-corrected chi connectivity index (χ3v) is 2.08. The van der Waals surface area contributed by atoms with Gasteiger partial charge in [-0.25, -0.2) is 4.90 Å². The van der Waals surface area contributed by atoms with Crippen molar-refractivity contribution in [2.24, 2.45) is 0 Å². The summed E-state index contributed by atoms with van der Waals surface area (Å²) in [5, 5.41) is 2.62. The molecule has 15 heavy (non-hydrogen) atoms. The number of amides is 1. The number of alkyl halides is 3. The zero-order valence-electron chi connectivity index (χ0n) is 7.51. The topological polar surface area (TPSA) is 32.3 Å². The molecule has 1 amide bonds. The van der Waals surface area contributed by atoms with Crippen LogP contribution >= 0.6 is 0 Å². The normalized spacial score (nSPS) is 15.9. The van der Waals surface area contributed by atoms with Crippen molar-refractivity contribution >= 4 is 17.3 Å². The predicted octanol–water partition coefficient (Wildman–Crippen LogP) is 1.96. The van der Waals surface area contributed by atoms with Gasteiger partial charge >= 0.3 is 6.30 Å². The number of carbonyl (C=O) groups excluding carboxylic acids is 1. The van der Waals surface area contributed by atoms with Crippen molar-refractivity contribution in [3.63, 3.8) is 0 Å². The summed E-state index contributed by atoms with van der Waals surface area (Å²) in [6.45, 7) is -0.337. The van der Waals surface area contributed by atoms with E-state index in [9.17, 15) is 18.0 Å². The second-order valence-electron chi connectivity index (χ2n) is 3.07. The Morgan fingerprint density at radius 2 is 1.93 bits per heavy atom. The van der Waals surface area contributed by atoms with Crippen LogP contribution in [0.4, 0.5) is 24.5 Å². The van der Waals surface area contributed by atoms with Crippen molar-refractivity contribution in [2.45, 2.75) is 6.30 Å². The van der Waals surface area contributed by atoms with E-state index in [4.69, 9.17) is 0 Å². The molecule has 1 aromatic carbocycles.